The van der Waals surface area contributed by atoms with Gasteiger partial charge in [-0.1, -0.05) is 11.6 Å². The number of halogens is 1. The summed E-state index contributed by atoms with van der Waals surface area (Å²) in [5.41, 5.74) is 4.51. The lowest BCUT2D eigenvalue weighted by Crippen LogP contribution is -2.58. The highest BCUT2D eigenvalue weighted by molar-refractivity contribution is 6.36. The van der Waals surface area contributed by atoms with Crippen LogP contribution in [0.3, 0.4) is 0 Å². The molecule has 2 saturated heterocycles. The third kappa shape index (κ3) is 4.76. The van der Waals surface area contributed by atoms with Gasteiger partial charge in [-0.25, -0.2) is 9.97 Å². The number of benzene rings is 2. The van der Waals surface area contributed by atoms with E-state index in [4.69, 9.17) is 21.3 Å². The van der Waals surface area contributed by atoms with Crippen molar-refractivity contribution in [3.8, 4) is 22.8 Å². The topological polar surface area (TPSA) is 125 Å². The number of ether oxygens (including phenoxy) is 1. The number of hydrogen-bond acceptors (Lipinski definition) is 8. The second kappa shape index (κ2) is 9.84. The number of hydrogen-bond donors (Lipinski definition) is 2. The Hall–Kier alpha value is -4.06. The number of aliphatic hydroxyl groups is 1. The zero-order chi connectivity index (χ0) is 27.4. The number of aliphatic hydroxyl groups excluding tert-OH is 1. The first-order chi connectivity index (χ1) is 19.4. The van der Waals surface area contributed by atoms with Gasteiger partial charge in [-0.3, -0.25) is 19.4 Å². The van der Waals surface area contributed by atoms with E-state index in [2.05, 4.69) is 25.0 Å². The number of β-amino-alcohol motifs (C(OH)–C–C–N with tert-alkyl or cyclic N) is 1. The summed E-state index contributed by atoms with van der Waals surface area (Å²) in [5, 5.41) is 14.3. The van der Waals surface area contributed by atoms with Crippen molar-refractivity contribution in [1.29, 1.82) is 0 Å². The van der Waals surface area contributed by atoms with Crippen molar-refractivity contribution in [3.05, 3.63) is 59.8 Å². The summed E-state index contributed by atoms with van der Waals surface area (Å²) in [6.07, 6.45) is 5.09. The van der Waals surface area contributed by atoms with E-state index in [0.717, 1.165) is 42.1 Å². The minimum Gasteiger partial charge on any atom is -0.456 e. The summed E-state index contributed by atoms with van der Waals surface area (Å²) < 4.78 is 8.01. The van der Waals surface area contributed by atoms with Crippen LogP contribution in [0.5, 0.6) is 11.5 Å². The molecule has 3 aromatic heterocycles. The third-order valence-electron chi connectivity index (χ3n) is 7.40. The highest BCUT2D eigenvalue weighted by atomic mass is 35.5. The van der Waals surface area contributed by atoms with Crippen LogP contribution in [-0.4, -0.2) is 89.4 Å². The molecule has 1 amide bonds. The molecule has 5 heterocycles. The van der Waals surface area contributed by atoms with E-state index in [9.17, 15) is 9.90 Å². The Morgan fingerprint density at radius 2 is 1.95 bits per heavy atom. The average molecular weight is 559 g/mol. The summed E-state index contributed by atoms with van der Waals surface area (Å²) in [5.74, 6) is 2.48. The Bertz CT molecular complexity index is 1740. The molecule has 204 valence electrons. The lowest BCUT2D eigenvalue weighted by Gasteiger charge is -2.42. The third-order valence-corrected chi connectivity index (χ3v) is 7.76. The molecule has 5 aromatic rings. The van der Waals surface area contributed by atoms with Crippen LogP contribution in [0, 0.1) is 12.8 Å². The molecule has 0 atom stereocenters. The first-order valence-corrected chi connectivity index (χ1v) is 13.6. The first-order valence-electron chi connectivity index (χ1n) is 13.2. The van der Waals surface area contributed by atoms with Gasteiger partial charge in [0.05, 0.1) is 47.3 Å². The number of imidazole rings is 1. The van der Waals surface area contributed by atoms with Crippen molar-refractivity contribution in [2.45, 2.75) is 19.6 Å². The molecule has 40 heavy (non-hydrogen) atoms. The molecule has 0 aliphatic carbocycles. The average Bonchev–Trinajstić information content (AvgIpc) is 3.52. The first kappa shape index (κ1) is 24.9. The van der Waals surface area contributed by atoms with E-state index in [1.54, 1.807) is 23.4 Å². The van der Waals surface area contributed by atoms with Crippen LogP contribution >= 0.6 is 11.6 Å². The Morgan fingerprint density at radius 3 is 2.77 bits per heavy atom. The number of aryl methyl sites for hydroxylation is 1. The summed E-state index contributed by atoms with van der Waals surface area (Å²) in [6.45, 7) is 5.67. The molecule has 2 aliphatic rings. The number of nitrogens with zero attached hydrogens (tertiary/aromatic N) is 7. The fourth-order valence-electron chi connectivity index (χ4n) is 5.28. The van der Waals surface area contributed by atoms with Crippen molar-refractivity contribution >= 4 is 39.6 Å². The molecule has 0 radical (unpaired) electrons. The molecule has 2 aromatic carbocycles. The zero-order valence-corrected chi connectivity index (χ0v) is 22.5. The number of carbonyl (C=O) groups is 1. The summed E-state index contributed by atoms with van der Waals surface area (Å²) in [4.78, 5) is 33.0. The van der Waals surface area contributed by atoms with Crippen molar-refractivity contribution < 1.29 is 14.6 Å². The Balaban J connectivity index is 1.02. The van der Waals surface area contributed by atoms with E-state index in [1.165, 1.54) is 0 Å². The maximum absolute atomic E-state index is 12.2. The van der Waals surface area contributed by atoms with Gasteiger partial charge in [0.15, 0.2) is 0 Å². The number of carbonyl (C=O) groups excluding carboxylic acids is 1. The van der Waals surface area contributed by atoms with Gasteiger partial charge >= 0.3 is 0 Å². The number of H-pyrrole nitrogens is 1. The molecular weight excluding hydrogens is 532 g/mol. The number of rotatable bonds is 7. The van der Waals surface area contributed by atoms with Gasteiger partial charge in [0.25, 0.3) is 0 Å². The van der Waals surface area contributed by atoms with Crippen LogP contribution < -0.4 is 4.74 Å². The minimum atomic E-state index is -0.367. The maximum atomic E-state index is 12.2. The van der Waals surface area contributed by atoms with E-state index < -0.39 is 0 Å². The van der Waals surface area contributed by atoms with Gasteiger partial charge < -0.3 is 19.7 Å². The number of aromatic amines is 1. The SMILES string of the molecule is Cc1nc2ccc(Oc3ccc4ncc(-c5cnn(CC6CN(CC(=O)N7CC(O)C7)C6)c5)nc4c3Cl)cc2[nH]1. The predicted octanol–water partition coefficient (Wildman–Crippen LogP) is 3.26. The molecule has 7 rings (SSSR count). The van der Waals surface area contributed by atoms with Crippen LogP contribution in [0.25, 0.3) is 33.3 Å². The van der Waals surface area contributed by atoms with Crippen LogP contribution in [-0.2, 0) is 11.3 Å². The summed E-state index contributed by atoms with van der Waals surface area (Å²) in [7, 11) is 0. The fourth-order valence-corrected chi connectivity index (χ4v) is 5.52. The molecule has 0 spiro atoms. The highest BCUT2D eigenvalue weighted by Gasteiger charge is 2.33. The number of aromatic nitrogens is 6. The molecule has 2 N–H and O–H groups in total. The number of amides is 1. The van der Waals surface area contributed by atoms with Crippen LogP contribution in [0.4, 0.5) is 0 Å². The van der Waals surface area contributed by atoms with Gasteiger partial charge in [0, 0.05) is 56.5 Å². The Labute approximate surface area is 234 Å². The second-order valence-electron chi connectivity index (χ2n) is 10.6. The van der Waals surface area contributed by atoms with Crippen molar-refractivity contribution in [3.63, 3.8) is 0 Å². The normalized spacial score (nSPS) is 16.4. The zero-order valence-electron chi connectivity index (χ0n) is 21.8. The molecule has 0 bridgehead atoms. The molecule has 12 heteroatoms. The minimum absolute atomic E-state index is 0.0844. The number of nitrogens with one attached hydrogen (secondary N) is 1. The van der Waals surface area contributed by atoms with Gasteiger partial charge in [-0.15, -0.1) is 0 Å². The molecule has 2 fully saturated rings. The number of fused-ring (bicyclic) bond motifs is 2. The fraction of sp³-hybridized carbons (Fsp3) is 0.321. The summed E-state index contributed by atoms with van der Waals surface area (Å²) in [6, 6.07) is 9.28. The molecule has 0 saturated carbocycles. The van der Waals surface area contributed by atoms with Crippen LogP contribution in [0.1, 0.15) is 5.82 Å². The quantitative estimate of drug-likeness (QED) is 0.312. The van der Waals surface area contributed by atoms with Crippen LogP contribution in [0.2, 0.25) is 5.02 Å². The van der Waals surface area contributed by atoms with Gasteiger partial charge in [0.1, 0.15) is 27.9 Å². The predicted molar refractivity (Wildman–Crippen MR) is 149 cm³/mol. The molecule has 0 unspecified atom stereocenters. The second-order valence-corrected chi connectivity index (χ2v) is 10.9. The molecule has 11 nitrogen and oxygen atoms in total. The van der Waals surface area contributed by atoms with Crippen molar-refractivity contribution in [2.75, 3.05) is 32.7 Å². The Kier molecular flexibility index (Phi) is 6.14. The molecule has 2 aliphatic heterocycles. The lowest BCUT2D eigenvalue weighted by atomic mass is 10.00. The monoisotopic (exact) mass is 558 g/mol. The largest absolute Gasteiger partial charge is 0.456 e. The van der Waals surface area contributed by atoms with E-state index in [1.807, 2.05) is 42.1 Å². The van der Waals surface area contributed by atoms with E-state index in [0.29, 0.717) is 58.8 Å². The van der Waals surface area contributed by atoms with Gasteiger partial charge in [-0.2, -0.15) is 5.10 Å². The number of likely N-dealkylation sites (tertiary alicyclic amines) is 2. The lowest BCUT2D eigenvalue weighted by molar-refractivity contribution is -0.144. The highest BCUT2D eigenvalue weighted by Crippen LogP contribution is 2.35. The van der Waals surface area contributed by atoms with Gasteiger partial charge in [-0.05, 0) is 31.2 Å². The van der Waals surface area contributed by atoms with Gasteiger partial charge in [0.2, 0.25) is 5.91 Å². The van der Waals surface area contributed by atoms with E-state index >= 15 is 0 Å². The molecular formula is C28H27ClN8O3. The summed E-state index contributed by atoms with van der Waals surface area (Å²) >= 11 is 6.75. The Morgan fingerprint density at radius 1 is 1.12 bits per heavy atom. The maximum Gasteiger partial charge on any atom is 0.236 e. The smallest absolute Gasteiger partial charge is 0.236 e. The standard InChI is InChI=1S/C28H27ClN8O3/c1-16-32-21-3-2-20(6-23(21)33-16)40-25-5-4-22-28(27(25)29)34-24(8-30-22)18-7-31-37(12-18)11-17-9-35(10-17)15-26(39)36-13-19(38)14-36/h2-8,12,17,19,38H,9-11,13-15H2,1H3,(H,32,33). The van der Waals surface area contributed by atoms with E-state index in [-0.39, 0.29) is 12.0 Å². The van der Waals surface area contributed by atoms with Crippen LogP contribution in [0.15, 0.2) is 48.9 Å². The van der Waals surface area contributed by atoms with Crippen molar-refractivity contribution in [1.82, 2.24) is 39.5 Å². The van der Waals surface area contributed by atoms with Crippen molar-refractivity contribution in [2.24, 2.45) is 5.92 Å².